The van der Waals surface area contributed by atoms with Crippen molar-refractivity contribution < 1.29 is 28.5 Å². The summed E-state index contributed by atoms with van der Waals surface area (Å²) in [7, 11) is 0. The van der Waals surface area contributed by atoms with E-state index in [1.807, 2.05) is 0 Å². The minimum Gasteiger partial charge on any atom is -0.457 e. The van der Waals surface area contributed by atoms with E-state index < -0.39 is 0 Å². The Hall–Kier alpha value is -2.24. The molecule has 1 aromatic carbocycles. The Morgan fingerprint density at radius 1 is 0.688 bits per heavy atom. The number of rotatable bonds is 12. The third-order valence-electron chi connectivity index (χ3n) is 6.66. The van der Waals surface area contributed by atoms with Gasteiger partial charge in [-0.15, -0.1) is 0 Å². The molecular formula is C26H38O6. The Kier molecular flexibility index (Phi) is 10.7. The topological polar surface area (TPSA) is 71.1 Å². The summed E-state index contributed by atoms with van der Waals surface area (Å²) < 4.78 is 21.4. The molecule has 1 aromatic rings. The van der Waals surface area contributed by atoms with Crippen LogP contribution in [0.3, 0.4) is 0 Å². The van der Waals surface area contributed by atoms with Crippen LogP contribution in [0.2, 0.25) is 0 Å². The predicted octanol–water partition coefficient (Wildman–Crippen LogP) is 6.17. The number of hydrogen-bond acceptors (Lipinski definition) is 6. The Bertz CT molecular complexity index is 636. The van der Waals surface area contributed by atoms with Crippen molar-refractivity contribution in [3.8, 4) is 11.5 Å². The Morgan fingerprint density at radius 2 is 1.12 bits per heavy atom. The second-order valence-corrected chi connectivity index (χ2v) is 9.12. The van der Waals surface area contributed by atoms with Crippen LogP contribution in [0.4, 0.5) is 0 Å². The van der Waals surface area contributed by atoms with Gasteiger partial charge in [-0.3, -0.25) is 9.59 Å². The lowest BCUT2D eigenvalue weighted by atomic mass is 9.86. The molecule has 6 nitrogen and oxygen atoms in total. The number of carbonyl (C=O) groups excluding carboxylic acids is 2. The molecule has 2 aliphatic rings. The van der Waals surface area contributed by atoms with E-state index in [1.54, 1.807) is 24.3 Å². The lowest BCUT2D eigenvalue weighted by molar-refractivity contribution is -0.151. The summed E-state index contributed by atoms with van der Waals surface area (Å²) >= 11 is 0. The molecule has 0 aromatic heterocycles. The fourth-order valence-corrected chi connectivity index (χ4v) is 4.72. The molecule has 178 valence electrons. The monoisotopic (exact) mass is 446 g/mol. The Balaban J connectivity index is 1.26. The molecule has 0 N–H and O–H groups in total. The van der Waals surface area contributed by atoms with E-state index in [-0.39, 0.29) is 25.5 Å². The highest BCUT2D eigenvalue weighted by Gasteiger charge is 2.16. The molecule has 0 radical (unpaired) electrons. The molecule has 0 amide bonds. The number of esters is 2. The van der Waals surface area contributed by atoms with Gasteiger partial charge in [-0.2, -0.15) is 0 Å². The minimum atomic E-state index is -0.219. The van der Waals surface area contributed by atoms with E-state index in [4.69, 9.17) is 18.9 Å². The lowest BCUT2D eigenvalue weighted by Gasteiger charge is -2.20. The second-order valence-electron chi connectivity index (χ2n) is 9.12. The van der Waals surface area contributed by atoms with E-state index in [0.29, 0.717) is 36.2 Å². The summed E-state index contributed by atoms with van der Waals surface area (Å²) in [6.45, 7) is -0.244. The molecule has 0 bridgehead atoms. The van der Waals surface area contributed by atoms with Gasteiger partial charge in [0, 0.05) is 18.9 Å². The minimum absolute atomic E-state index is 0.122. The van der Waals surface area contributed by atoms with Crippen molar-refractivity contribution in [2.24, 2.45) is 11.8 Å². The van der Waals surface area contributed by atoms with Crippen LogP contribution in [0.25, 0.3) is 0 Å². The zero-order chi connectivity index (χ0) is 22.4. The normalized spacial score (nSPS) is 17.5. The summed E-state index contributed by atoms with van der Waals surface area (Å²) in [4.78, 5) is 23.9. The van der Waals surface area contributed by atoms with Crippen molar-refractivity contribution in [2.45, 2.75) is 89.9 Å². The van der Waals surface area contributed by atoms with Crippen molar-refractivity contribution in [1.82, 2.24) is 0 Å². The first kappa shape index (κ1) is 24.4. The first-order valence-corrected chi connectivity index (χ1v) is 12.4. The Morgan fingerprint density at radius 3 is 1.56 bits per heavy atom. The highest BCUT2D eigenvalue weighted by atomic mass is 16.7. The van der Waals surface area contributed by atoms with Gasteiger partial charge in [0.05, 0.1) is 0 Å². The van der Waals surface area contributed by atoms with Crippen molar-refractivity contribution in [1.29, 1.82) is 0 Å². The van der Waals surface area contributed by atoms with Crippen LogP contribution in [-0.2, 0) is 19.1 Å². The summed E-state index contributed by atoms with van der Waals surface area (Å²) in [5.41, 5.74) is 0. The van der Waals surface area contributed by atoms with Crippen molar-refractivity contribution in [3.63, 3.8) is 0 Å². The van der Waals surface area contributed by atoms with Crippen molar-refractivity contribution in [3.05, 3.63) is 24.3 Å². The van der Waals surface area contributed by atoms with Crippen molar-refractivity contribution >= 4 is 11.9 Å². The predicted molar refractivity (Wildman–Crippen MR) is 121 cm³/mol. The third kappa shape index (κ3) is 9.49. The fraction of sp³-hybridized carbons (Fsp3) is 0.692. The molecule has 0 spiro atoms. The maximum atomic E-state index is 11.9. The van der Waals surface area contributed by atoms with Gasteiger partial charge in [0.1, 0.15) is 11.5 Å². The molecule has 0 unspecified atom stereocenters. The fourth-order valence-electron chi connectivity index (χ4n) is 4.72. The molecule has 0 aliphatic heterocycles. The van der Waals surface area contributed by atoms with Gasteiger partial charge in [-0.25, -0.2) is 0 Å². The van der Waals surface area contributed by atoms with Crippen LogP contribution in [0.5, 0.6) is 11.5 Å². The largest absolute Gasteiger partial charge is 0.457 e. The van der Waals surface area contributed by atoms with E-state index in [9.17, 15) is 9.59 Å². The highest BCUT2D eigenvalue weighted by molar-refractivity contribution is 5.69. The molecule has 2 saturated carbocycles. The number of benzene rings is 1. The zero-order valence-corrected chi connectivity index (χ0v) is 19.2. The molecule has 2 aliphatic carbocycles. The first-order valence-electron chi connectivity index (χ1n) is 12.4. The molecule has 0 saturated heterocycles. The summed E-state index contributed by atoms with van der Waals surface area (Å²) in [5, 5.41) is 0. The van der Waals surface area contributed by atoms with Gasteiger partial charge in [-0.05, 0) is 36.8 Å². The van der Waals surface area contributed by atoms with Gasteiger partial charge < -0.3 is 18.9 Å². The maximum Gasteiger partial charge on any atom is 0.308 e. The van der Waals surface area contributed by atoms with Crippen LogP contribution in [0.15, 0.2) is 24.3 Å². The quantitative estimate of drug-likeness (QED) is 0.283. The summed E-state index contributed by atoms with van der Waals surface area (Å²) in [5.74, 6) is 1.95. The second kappa shape index (κ2) is 14.0. The standard InChI is InChI=1S/C26H38O6/c27-25(16-14-21-8-3-1-4-9-21)31-19-29-23-12-7-13-24(18-23)30-20-32-26(28)17-15-22-10-5-2-6-11-22/h7,12-13,18,21-22H,1-6,8-11,14-17,19-20H2. The first-order chi connectivity index (χ1) is 15.7. The van der Waals surface area contributed by atoms with E-state index in [0.717, 1.165) is 12.8 Å². The molecule has 0 atom stereocenters. The van der Waals surface area contributed by atoms with Crippen molar-refractivity contribution in [2.75, 3.05) is 13.6 Å². The SMILES string of the molecule is O=C(CCC1CCCCC1)OCOc1cccc(OCOC(=O)CCC2CCCCC2)c1. The molecule has 6 heteroatoms. The van der Waals surface area contributed by atoms with Crippen LogP contribution in [-0.4, -0.2) is 25.5 Å². The van der Waals surface area contributed by atoms with Crippen LogP contribution in [0.1, 0.15) is 89.9 Å². The van der Waals surface area contributed by atoms with Gasteiger partial charge in [0.25, 0.3) is 0 Å². The number of carbonyl (C=O) groups is 2. The summed E-state index contributed by atoms with van der Waals surface area (Å²) in [6.07, 6.45) is 15.4. The van der Waals surface area contributed by atoms with Crippen LogP contribution >= 0.6 is 0 Å². The van der Waals surface area contributed by atoms with Gasteiger partial charge in [-0.1, -0.05) is 70.3 Å². The van der Waals surface area contributed by atoms with Gasteiger partial charge in [0.15, 0.2) is 0 Å². The Labute approximate surface area is 191 Å². The zero-order valence-electron chi connectivity index (χ0n) is 19.2. The maximum absolute atomic E-state index is 11.9. The average molecular weight is 447 g/mol. The average Bonchev–Trinajstić information content (AvgIpc) is 2.83. The molecule has 3 rings (SSSR count). The molecule has 32 heavy (non-hydrogen) atoms. The van der Waals surface area contributed by atoms with Gasteiger partial charge in [0.2, 0.25) is 13.6 Å². The molecular weight excluding hydrogens is 408 g/mol. The molecule has 0 heterocycles. The highest BCUT2D eigenvalue weighted by Crippen LogP contribution is 2.28. The van der Waals surface area contributed by atoms with Gasteiger partial charge >= 0.3 is 11.9 Å². The number of hydrogen-bond donors (Lipinski definition) is 0. The third-order valence-corrected chi connectivity index (χ3v) is 6.66. The lowest BCUT2D eigenvalue weighted by Crippen LogP contribution is -2.14. The molecule has 2 fully saturated rings. The van der Waals surface area contributed by atoms with E-state index in [2.05, 4.69) is 0 Å². The van der Waals surface area contributed by atoms with E-state index in [1.165, 1.54) is 64.2 Å². The summed E-state index contributed by atoms with van der Waals surface area (Å²) in [6, 6.07) is 6.99. The number of ether oxygens (including phenoxy) is 4. The van der Waals surface area contributed by atoms with Crippen LogP contribution < -0.4 is 9.47 Å². The van der Waals surface area contributed by atoms with E-state index >= 15 is 0 Å². The smallest absolute Gasteiger partial charge is 0.308 e. The van der Waals surface area contributed by atoms with Crippen LogP contribution in [0, 0.1) is 11.8 Å².